The average Bonchev–Trinajstić information content (AvgIpc) is 3.20. The third kappa shape index (κ3) is 4.86. The Balaban J connectivity index is 1.14. The van der Waals surface area contributed by atoms with Crippen LogP contribution in [0.4, 0.5) is 0 Å². The molecular weight excluding hydrogens is 342 g/mol. The van der Waals surface area contributed by atoms with Crippen LogP contribution in [0.5, 0.6) is 0 Å². The van der Waals surface area contributed by atoms with Gasteiger partial charge in [0.15, 0.2) is 0 Å². The second-order valence-corrected chi connectivity index (χ2v) is 8.33. The van der Waals surface area contributed by atoms with Crippen molar-refractivity contribution in [3.8, 4) is 0 Å². The van der Waals surface area contributed by atoms with E-state index in [9.17, 15) is 4.79 Å². The molecular formula is C21H31N3O3. The molecule has 0 aliphatic carbocycles. The monoisotopic (exact) mass is 373 g/mol. The number of likely N-dealkylation sites (tertiary alicyclic amines) is 2. The fourth-order valence-corrected chi connectivity index (χ4v) is 4.69. The van der Waals surface area contributed by atoms with Gasteiger partial charge in [0.1, 0.15) is 6.61 Å². The number of hydrogen-bond acceptors (Lipinski definition) is 5. The van der Waals surface area contributed by atoms with Crippen LogP contribution in [-0.2, 0) is 20.8 Å². The van der Waals surface area contributed by atoms with Gasteiger partial charge >= 0.3 is 0 Å². The van der Waals surface area contributed by atoms with Gasteiger partial charge in [-0.25, -0.2) is 0 Å². The number of hydrogen-bond donors (Lipinski definition) is 0. The number of nitrogens with zero attached hydrogens (tertiary/aromatic N) is 3. The number of aromatic nitrogens is 1. The molecule has 4 rings (SSSR count). The van der Waals surface area contributed by atoms with E-state index in [0.717, 1.165) is 71.4 Å². The largest absolute Gasteiger partial charge is 0.372 e. The highest BCUT2D eigenvalue weighted by atomic mass is 16.5. The topological polar surface area (TPSA) is 54.9 Å². The lowest BCUT2D eigenvalue weighted by Crippen LogP contribution is -2.64. The van der Waals surface area contributed by atoms with E-state index in [0.29, 0.717) is 12.5 Å². The van der Waals surface area contributed by atoms with E-state index in [2.05, 4.69) is 16.0 Å². The van der Waals surface area contributed by atoms with E-state index < -0.39 is 0 Å². The van der Waals surface area contributed by atoms with Gasteiger partial charge in [-0.2, -0.15) is 0 Å². The predicted octanol–water partition coefficient (Wildman–Crippen LogP) is 2.09. The first-order valence-corrected chi connectivity index (χ1v) is 10.3. The molecule has 3 fully saturated rings. The molecule has 148 valence electrons. The van der Waals surface area contributed by atoms with Crippen molar-refractivity contribution >= 4 is 5.91 Å². The zero-order valence-electron chi connectivity index (χ0n) is 16.1. The Morgan fingerprint density at radius 2 is 2.19 bits per heavy atom. The Morgan fingerprint density at radius 1 is 1.33 bits per heavy atom. The van der Waals surface area contributed by atoms with Crippen molar-refractivity contribution in [3.63, 3.8) is 0 Å². The summed E-state index contributed by atoms with van der Waals surface area (Å²) in [5, 5.41) is 0. The molecule has 1 aromatic heterocycles. The van der Waals surface area contributed by atoms with Crippen LogP contribution in [0.2, 0.25) is 0 Å². The Labute approximate surface area is 161 Å². The SMILES string of the molecule is O=C(COCCC1CCOC2(C1)CN(Cc1cccnc1)C2)N1CCCC1. The third-order valence-electron chi connectivity index (χ3n) is 6.10. The summed E-state index contributed by atoms with van der Waals surface area (Å²) >= 11 is 0. The van der Waals surface area contributed by atoms with Gasteiger partial charge in [-0.15, -0.1) is 0 Å². The number of rotatable bonds is 7. The van der Waals surface area contributed by atoms with Crippen molar-refractivity contribution in [2.75, 3.05) is 46.0 Å². The van der Waals surface area contributed by atoms with Crippen molar-refractivity contribution in [2.24, 2.45) is 5.92 Å². The minimum Gasteiger partial charge on any atom is -0.372 e. The highest BCUT2D eigenvalue weighted by molar-refractivity contribution is 5.77. The van der Waals surface area contributed by atoms with E-state index in [1.165, 1.54) is 5.56 Å². The lowest BCUT2D eigenvalue weighted by Gasteiger charge is -2.53. The van der Waals surface area contributed by atoms with Crippen molar-refractivity contribution in [3.05, 3.63) is 30.1 Å². The van der Waals surface area contributed by atoms with Gasteiger partial charge in [-0.05, 0) is 49.7 Å². The maximum absolute atomic E-state index is 12.0. The van der Waals surface area contributed by atoms with Gasteiger partial charge in [0.25, 0.3) is 0 Å². The summed E-state index contributed by atoms with van der Waals surface area (Å²) in [5.41, 5.74) is 1.30. The smallest absolute Gasteiger partial charge is 0.248 e. The van der Waals surface area contributed by atoms with Crippen LogP contribution in [0.3, 0.4) is 0 Å². The van der Waals surface area contributed by atoms with Crippen LogP contribution in [0.1, 0.15) is 37.7 Å². The zero-order valence-corrected chi connectivity index (χ0v) is 16.1. The number of carbonyl (C=O) groups is 1. The quantitative estimate of drug-likeness (QED) is 0.685. The first kappa shape index (κ1) is 18.8. The number of ether oxygens (including phenoxy) is 2. The molecule has 27 heavy (non-hydrogen) atoms. The standard InChI is InChI=1S/C21H31N3O3/c25-20(24-8-1-2-9-24)15-26-10-5-18-6-11-27-21(12-18)16-23(17-21)14-19-4-3-7-22-13-19/h3-4,7,13,18H,1-2,5-6,8-12,14-17H2. The van der Waals surface area contributed by atoms with Crippen molar-refractivity contribution in [1.29, 1.82) is 0 Å². The van der Waals surface area contributed by atoms with E-state index in [1.54, 1.807) is 0 Å². The van der Waals surface area contributed by atoms with Crippen molar-refractivity contribution in [2.45, 2.75) is 44.2 Å². The molecule has 1 atom stereocenters. The maximum atomic E-state index is 12.0. The van der Waals surface area contributed by atoms with Crippen LogP contribution in [0, 0.1) is 5.92 Å². The maximum Gasteiger partial charge on any atom is 0.248 e. The van der Waals surface area contributed by atoms with Gasteiger partial charge in [-0.1, -0.05) is 6.07 Å². The molecule has 0 bridgehead atoms. The summed E-state index contributed by atoms with van der Waals surface area (Å²) in [6.07, 6.45) is 9.27. The summed E-state index contributed by atoms with van der Waals surface area (Å²) in [6, 6.07) is 4.12. The molecule has 0 N–H and O–H groups in total. The molecule has 6 nitrogen and oxygen atoms in total. The number of carbonyl (C=O) groups excluding carboxylic acids is 1. The minimum absolute atomic E-state index is 0.0382. The van der Waals surface area contributed by atoms with E-state index in [-0.39, 0.29) is 18.1 Å². The fourth-order valence-electron chi connectivity index (χ4n) is 4.69. The van der Waals surface area contributed by atoms with E-state index >= 15 is 0 Å². The lowest BCUT2D eigenvalue weighted by molar-refractivity contribution is -0.182. The van der Waals surface area contributed by atoms with Gasteiger partial charge in [0.2, 0.25) is 5.91 Å². The highest BCUT2D eigenvalue weighted by Gasteiger charge is 2.47. The molecule has 3 aliphatic heterocycles. The third-order valence-corrected chi connectivity index (χ3v) is 6.10. The Morgan fingerprint density at radius 3 is 2.96 bits per heavy atom. The van der Waals surface area contributed by atoms with Crippen molar-refractivity contribution < 1.29 is 14.3 Å². The summed E-state index contributed by atoms with van der Waals surface area (Å²) in [5.74, 6) is 0.794. The second kappa shape index (κ2) is 8.67. The Kier molecular flexibility index (Phi) is 6.05. The Bertz CT molecular complexity index is 612. The molecule has 6 heteroatoms. The summed E-state index contributed by atoms with van der Waals surface area (Å²) < 4.78 is 11.8. The molecule has 3 saturated heterocycles. The summed E-state index contributed by atoms with van der Waals surface area (Å²) in [6.45, 7) is 6.54. The Hall–Kier alpha value is -1.50. The van der Waals surface area contributed by atoms with E-state index in [1.807, 2.05) is 23.4 Å². The van der Waals surface area contributed by atoms with Gasteiger partial charge < -0.3 is 14.4 Å². The van der Waals surface area contributed by atoms with E-state index in [4.69, 9.17) is 9.47 Å². The molecule has 0 saturated carbocycles. The molecule has 1 spiro atoms. The highest BCUT2D eigenvalue weighted by Crippen LogP contribution is 2.38. The number of pyridine rings is 1. The molecule has 1 amide bonds. The molecule has 3 aliphatic rings. The van der Waals surface area contributed by atoms with Crippen LogP contribution in [0.25, 0.3) is 0 Å². The van der Waals surface area contributed by atoms with Gasteiger partial charge in [-0.3, -0.25) is 14.7 Å². The molecule has 1 unspecified atom stereocenters. The van der Waals surface area contributed by atoms with Crippen LogP contribution >= 0.6 is 0 Å². The molecule has 0 radical (unpaired) electrons. The normalized spacial score (nSPS) is 24.9. The minimum atomic E-state index is 0.0382. The first-order valence-electron chi connectivity index (χ1n) is 10.3. The zero-order chi connectivity index (χ0) is 18.5. The van der Waals surface area contributed by atoms with Crippen LogP contribution < -0.4 is 0 Å². The second-order valence-electron chi connectivity index (χ2n) is 8.33. The molecule has 1 aromatic rings. The van der Waals surface area contributed by atoms with Crippen LogP contribution in [0.15, 0.2) is 24.5 Å². The fraction of sp³-hybridized carbons (Fsp3) is 0.714. The van der Waals surface area contributed by atoms with Crippen molar-refractivity contribution in [1.82, 2.24) is 14.8 Å². The van der Waals surface area contributed by atoms with Gasteiger partial charge in [0, 0.05) is 58.3 Å². The summed E-state index contributed by atoms with van der Waals surface area (Å²) in [4.78, 5) is 20.6. The number of amides is 1. The lowest BCUT2D eigenvalue weighted by atomic mass is 9.79. The van der Waals surface area contributed by atoms with Gasteiger partial charge in [0.05, 0.1) is 5.60 Å². The summed E-state index contributed by atoms with van der Waals surface area (Å²) in [7, 11) is 0. The predicted molar refractivity (Wildman–Crippen MR) is 102 cm³/mol. The molecule has 0 aromatic carbocycles. The average molecular weight is 373 g/mol. The first-order chi connectivity index (χ1) is 13.2. The van der Waals surface area contributed by atoms with Crippen LogP contribution in [-0.4, -0.2) is 72.3 Å². The molecule has 4 heterocycles.